The minimum Gasteiger partial charge on any atom is -0.497 e. The van der Waals surface area contributed by atoms with Gasteiger partial charge in [0.2, 0.25) is 0 Å². The van der Waals surface area contributed by atoms with Gasteiger partial charge in [0.25, 0.3) is 0 Å². The second kappa shape index (κ2) is 5.07. The van der Waals surface area contributed by atoms with E-state index in [2.05, 4.69) is 24.4 Å². The minimum absolute atomic E-state index is 0.0579. The molecule has 1 unspecified atom stereocenters. The molecule has 0 bridgehead atoms. The van der Waals surface area contributed by atoms with Crippen LogP contribution in [0.4, 0.5) is 0 Å². The second-order valence-corrected chi connectivity index (χ2v) is 4.82. The lowest BCUT2D eigenvalue weighted by Crippen LogP contribution is -2.34. The topological polar surface area (TPSA) is 30.5 Å². The Balaban J connectivity index is 2.40. The van der Waals surface area contributed by atoms with Gasteiger partial charge in [-0.05, 0) is 49.6 Å². The van der Waals surface area contributed by atoms with Crippen LogP contribution in [-0.4, -0.2) is 20.8 Å². The molecule has 1 heterocycles. The lowest BCUT2D eigenvalue weighted by atomic mass is 9.87. The van der Waals surface area contributed by atoms with Crippen LogP contribution in [0.1, 0.15) is 30.9 Å². The summed E-state index contributed by atoms with van der Waals surface area (Å²) in [7, 11) is 3.44. The van der Waals surface area contributed by atoms with Gasteiger partial charge in [-0.3, -0.25) is 0 Å². The molecular weight excluding hydrogens is 214 g/mol. The Morgan fingerprint density at radius 3 is 2.76 bits per heavy atom. The SMILES string of the molecule is COCc1ccc(OC)cc1C1(C)CCCN1. The van der Waals surface area contributed by atoms with Crippen LogP contribution in [0.15, 0.2) is 18.2 Å². The Bertz CT molecular complexity index is 384. The molecule has 0 spiro atoms. The molecule has 1 atom stereocenters. The molecule has 1 aromatic carbocycles. The highest BCUT2D eigenvalue weighted by Crippen LogP contribution is 2.34. The summed E-state index contributed by atoms with van der Waals surface area (Å²) in [5.41, 5.74) is 2.60. The number of rotatable bonds is 4. The molecule has 1 fully saturated rings. The van der Waals surface area contributed by atoms with Gasteiger partial charge >= 0.3 is 0 Å². The van der Waals surface area contributed by atoms with Gasteiger partial charge in [0.15, 0.2) is 0 Å². The van der Waals surface area contributed by atoms with Crippen molar-refractivity contribution in [3.8, 4) is 5.75 Å². The van der Waals surface area contributed by atoms with Gasteiger partial charge in [0.05, 0.1) is 13.7 Å². The van der Waals surface area contributed by atoms with E-state index in [4.69, 9.17) is 9.47 Å². The monoisotopic (exact) mass is 235 g/mol. The van der Waals surface area contributed by atoms with E-state index in [0.717, 1.165) is 18.7 Å². The van der Waals surface area contributed by atoms with Crippen molar-refractivity contribution in [1.82, 2.24) is 5.32 Å². The molecule has 0 saturated carbocycles. The summed E-state index contributed by atoms with van der Waals surface area (Å²) in [6.07, 6.45) is 2.39. The molecule has 0 amide bonds. The van der Waals surface area contributed by atoms with Crippen molar-refractivity contribution in [2.24, 2.45) is 0 Å². The van der Waals surface area contributed by atoms with Crippen molar-refractivity contribution >= 4 is 0 Å². The maximum absolute atomic E-state index is 5.32. The van der Waals surface area contributed by atoms with E-state index in [0.29, 0.717) is 6.61 Å². The Morgan fingerprint density at radius 1 is 1.35 bits per heavy atom. The molecule has 3 nitrogen and oxygen atoms in total. The molecule has 1 N–H and O–H groups in total. The van der Waals surface area contributed by atoms with E-state index in [1.54, 1.807) is 14.2 Å². The van der Waals surface area contributed by atoms with Crippen molar-refractivity contribution in [2.45, 2.75) is 31.9 Å². The van der Waals surface area contributed by atoms with Crippen molar-refractivity contribution in [1.29, 1.82) is 0 Å². The van der Waals surface area contributed by atoms with Crippen molar-refractivity contribution < 1.29 is 9.47 Å². The highest BCUT2D eigenvalue weighted by atomic mass is 16.5. The summed E-state index contributed by atoms with van der Waals surface area (Å²) < 4.78 is 10.6. The molecular formula is C14H21NO2. The molecule has 0 aliphatic carbocycles. The summed E-state index contributed by atoms with van der Waals surface area (Å²) in [5, 5.41) is 3.59. The summed E-state index contributed by atoms with van der Waals surface area (Å²) in [6.45, 7) is 3.99. The van der Waals surface area contributed by atoms with Gasteiger partial charge in [0, 0.05) is 12.6 Å². The van der Waals surface area contributed by atoms with E-state index in [9.17, 15) is 0 Å². The third kappa shape index (κ3) is 2.45. The number of ether oxygens (including phenoxy) is 2. The van der Waals surface area contributed by atoms with Gasteiger partial charge in [-0.1, -0.05) is 6.07 Å². The smallest absolute Gasteiger partial charge is 0.119 e. The third-order valence-electron chi connectivity index (χ3n) is 3.58. The summed E-state index contributed by atoms with van der Waals surface area (Å²) >= 11 is 0. The largest absolute Gasteiger partial charge is 0.497 e. The first-order valence-electron chi connectivity index (χ1n) is 6.11. The van der Waals surface area contributed by atoms with Crippen molar-refractivity contribution in [2.75, 3.05) is 20.8 Å². The summed E-state index contributed by atoms with van der Waals surface area (Å²) in [4.78, 5) is 0. The van der Waals surface area contributed by atoms with Crippen molar-refractivity contribution in [3.63, 3.8) is 0 Å². The first kappa shape index (κ1) is 12.4. The maximum Gasteiger partial charge on any atom is 0.119 e. The highest BCUT2D eigenvalue weighted by Gasteiger charge is 2.32. The van der Waals surface area contributed by atoms with Crippen LogP contribution in [0.3, 0.4) is 0 Å². The molecule has 1 saturated heterocycles. The fourth-order valence-corrected chi connectivity index (χ4v) is 2.60. The highest BCUT2D eigenvalue weighted by molar-refractivity contribution is 5.40. The molecule has 94 valence electrons. The van der Waals surface area contributed by atoms with E-state index < -0.39 is 0 Å². The van der Waals surface area contributed by atoms with Crippen LogP contribution in [0.5, 0.6) is 5.75 Å². The standard InChI is InChI=1S/C14H21NO2/c1-14(7-4-8-15-14)13-9-12(17-3)6-5-11(13)10-16-2/h5-6,9,15H,4,7-8,10H2,1-3H3. The lowest BCUT2D eigenvalue weighted by molar-refractivity contribution is 0.182. The zero-order valence-electron chi connectivity index (χ0n) is 10.9. The van der Waals surface area contributed by atoms with E-state index in [1.165, 1.54) is 17.5 Å². The molecule has 1 aliphatic heterocycles. The van der Waals surface area contributed by atoms with Crippen LogP contribution < -0.4 is 10.1 Å². The fourth-order valence-electron chi connectivity index (χ4n) is 2.60. The molecule has 1 aliphatic rings. The first-order chi connectivity index (χ1) is 8.19. The average Bonchev–Trinajstić information content (AvgIpc) is 2.78. The average molecular weight is 235 g/mol. The van der Waals surface area contributed by atoms with Crippen LogP contribution in [0, 0.1) is 0 Å². The number of hydrogen-bond acceptors (Lipinski definition) is 3. The van der Waals surface area contributed by atoms with E-state index >= 15 is 0 Å². The molecule has 3 heteroatoms. The van der Waals surface area contributed by atoms with Crippen LogP contribution in [0.25, 0.3) is 0 Å². The summed E-state index contributed by atoms with van der Waals surface area (Å²) in [5.74, 6) is 0.912. The van der Waals surface area contributed by atoms with Gasteiger partial charge in [0.1, 0.15) is 5.75 Å². The molecule has 0 radical (unpaired) electrons. The van der Waals surface area contributed by atoms with Gasteiger partial charge in [-0.15, -0.1) is 0 Å². The van der Waals surface area contributed by atoms with Crippen LogP contribution in [0.2, 0.25) is 0 Å². The normalized spacial score (nSPS) is 23.9. The molecule has 1 aromatic rings. The Labute approximate surface area is 103 Å². The number of nitrogens with one attached hydrogen (secondary N) is 1. The Morgan fingerprint density at radius 2 is 2.18 bits per heavy atom. The van der Waals surface area contributed by atoms with Crippen molar-refractivity contribution in [3.05, 3.63) is 29.3 Å². The number of methoxy groups -OCH3 is 2. The third-order valence-corrected chi connectivity index (χ3v) is 3.58. The van der Waals surface area contributed by atoms with E-state index in [1.807, 2.05) is 6.07 Å². The molecule has 17 heavy (non-hydrogen) atoms. The quantitative estimate of drug-likeness (QED) is 0.869. The molecule has 0 aromatic heterocycles. The summed E-state index contributed by atoms with van der Waals surface area (Å²) in [6, 6.07) is 6.23. The predicted molar refractivity (Wildman–Crippen MR) is 68.3 cm³/mol. The molecule has 2 rings (SSSR count). The maximum atomic E-state index is 5.32. The second-order valence-electron chi connectivity index (χ2n) is 4.82. The lowest BCUT2D eigenvalue weighted by Gasteiger charge is -2.28. The minimum atomic E-state index is 0.0579. The van der Waals surface area contributed by atoms with Gasteiger partial charge in [-0.2, -0.15) is 0 Å². The zero-order chi connectivity index (χ0) is 12.3. The van der Waals surface area contributed by atoms with E-state index in [-0.39, 0.29) is 5.54 Å². The van der Waals surface area contributed by atoms with Gasteiger partial charge in [-0.25, -0.2) is 0 Å². The predicted octanol–water partition coefficient (Wildman–Crippen LogP) is 2.44. The Hall–Kier alpha value is -1.06. The number of hydrogen-bond donors (Lipinski definition) is 1. The first-order valence-corrected chi connectivity index (χ1v) is 6.11. The number of benzene rings is 1. The van der Waals surface area contributed by atoms with Crippen LogP contribution in [-0.2, 0) is 16.9 Å². The zero-order valence-corrected chi connectivity index (χ0v) is 10.9. The Kier molecular flexibility index (Phi) is 3.69. The van der Waals surface area contributed by atoms with Gasteiger partial charge < -0.3 is 14.8 Å². The van der Waals surface area contributed by atoms with Crippen LogP contribution >= 0.6 is 0 Å². The fraction of sp³-hybridized carbons (Fsp3) is 0.571.